The molecule has 0 unspecified atom stereocenters. The summed E-state index contributed by atoms with van der Waals surface area (Å²) < 4.78 is 6.26. The van der Waals surface area contributed by atoms with Crippen molar-refractivity contribution in [3.05, 3.63) is 36.0 Å². The van der Waals surface area contributed by atoms with Gasteiger partial charge < -0.3 is 15.2 Å². The summed E-state index contributed by atoms with van der Waals surface area (Å²) in [7, 11) is 0. The molecular weight excluding hydrogens is 374 g/mol. The third-order valence-electron chi connectivity index (χ3n) is 4.98. The minimum absolute atomic E-state index is 0.0988. The Morgan fingerprint density at radius 3 is 2.76 bits per heavy atom. The van der Waals surface area contributed by atoms with Crippen LogP contribution < -0.4 is 5.32 Å². The van der Waals surface area contributed by atoms with Crippen molar-refractivity contribution < 1.29 is 19.4 Å². The van der Waals surface area contributed by atoms with Crippen LogP contribution in [0.15, 0.2) is 24.8 Å². The number of rotatable bonds is 5. The summed E-state index contributed by atoms with van der Waals surface area (Å²) >= 11 is 0. The van der Waals surface area contributed by atoms with E-state index in [1.807, 2.05) is 0 Å². The fourth-order valence-electron chi connectivity index (χ4n) is 3.51. The Labute approximate surface area is 169 Å². The molecule has 0 saturated heterocycles. The van der Waals surface area contributed by atoms with Crippen molar-refractivity contribution in [2.75, 3.05) is 11.9 Å². The predicted octanol–water partition coefficient (Wildman–Crippen LogP) is 2.51. The van der Waals surface area contributed by atoms with Gasteiger partial charge in [-0.15, -0.1) is 0 Å². The molecule has 1 aliphatic rings. The minimum atomic E-state index is -0.664. The normalized spacial score (nSPS) is 21.8. The van der Waals surface area contributed by atoms with E-state index in [0.29, 0.717) is 11.7 Å². The maximum Gasteiger partial charge on any atom is 0.435 e. The average molecular weight is 401 g/mol. The molecule has 3 atom stereocenters. The van der Waals surface area contributed by atoms with Crippen LogP contribution in [0.2, 0.25) is 0 Å². The minimum Gasteiger partial charge on any atom is -0.442 e. The summed E-state index contributed by atoms with van der Waals surface area (Å²) in [4.78, 5) is 33.3. The lowest BCUT2D eigenvalue weighted by molar-refractivity contribution is 0.0514. The van der Waals surface area contributed by atoms with Crippen molar-refractivity contribution in [2.45, 2.75) is 52.2 Å². The van der Waals surface area contributed by atoms with Crippen LogP contribution in [0.1, 0.15) is 56.6 Å². The van der Waals surface area contributed by atoms with Crippen LogP contribution in [0, 0.1) is 11.8 Å². The van der Waals surface area contributed by atoms with E-state index < -0.39 is 11.7 Å². The monoisotopic (exact) mass is 401 g/mol. The second-order valence-corrected chi connectivity index (χ2v) is 8.47. The van der Waals surface area contributed by atoms with Crippen molar-refractivity contribution >= 4 is 17.7 Å². The SMILES string of the molecule is C[C@H]1C[C@H](Nc2ncncc2C(=O)c2ccn(C(=O)OC(C)(C)C)n2)C[C@@H]1CO. The molecule has 3 rings (SSSR count). The van der Waals surface area contributed by atoms with Gasteiger partial charge in [0.25, 0.3) is 0 Å². The summed E-state index contributed by atoms with van der Waals surface area (Å²) in [5.41, 5.74) is -0.286. The molecule has 2 N–H and O–H groups in total. The lowest BCUT2D eigenvalue weighted by atomic mass is 10.00. The van der Waals surface area contributed by atoms with Crippen LogP contribution in [-0.4, -0.2) is 55.0 Å². The molecule has 2 heterocycles. The van der Waals surface area contributed by atoms with Crippen molar-refractivity contribution in [2.24, 2.45) is 11.8 Å². The van der Waals surface area contributed by atoms with E-state index in [0.717, 1.165) is 17.5 Å². The number of aliphatic hydroxyl groups excluding tert-OH is 1. The van der Waals surface area contributed by atoms with Crippen LogP contribution >= 0.6 is 0 Å². The van der Waals surface area contributed by atoms with Gasteiger partial charge in [0.2, 0.25) is 5.78 Å². The highest BCUT2D eigenvalue weighted by molar-refractivity contribution is 6.10. The van der Waals surface area contributed by atoms with Crippen molar-refractivity contribution in [1.82, 2.24) is 19.7 Å². The van der Waals surface area contributed by atoms with E-state index in [9.17, 15) is 14.7 Å². The lowest BCUT2D eigenvalue weighted by Crippen LogP contribution is -2.27. The number of aromatic nitrogens is 4. The summed E-state index contributed by atoms with van der Waals surface area (Å²) in [6.07, 6.45) is 5.24. The van der Waals surface area contributed by atoms with Gasteiger partial charge in [-0.05, 0) is 51.5 Å². The Bertz CT molecular complexity index is 889. The van der Waals surface area contributed by atoms with Crippen molar-refractivity contribution in [1.29, 1.82) is 0 Å². The van der Waals surface area contributed by atoms with Crippen LogP contribution in [-0.2, 0) is 4.74 Å². The lowest BCUT2D eigenvalue weighted by Gasteiger charge is -2.18. The molecule has 29 heavy (non-hydrogen) atoms. The highest BCUT2D eigenvalue weighted by Gasteiger charge is 2.32. The molecule has 9 nitrogen and oxygen atoms in total. The molecule has 2 aromatic heterocycles. The summed E-state index contributed by atoms with van der Waals surface area (Å²) in [6, 6.07) is 1.57. The first-order valence-electron chi connectivity index (χ1n) is 9.69. The average Bonchev–Trinajstić information content (AvgIpc) is 3.27. The molecule has 0 amide bonds. The number of carbonyl (C=O) groups excluding carboxylic acids is 2. The summed E-state index contributed by atoms with van der Waals surface area (Å²) in [6.45, 7) is 7.52. The second kappa shape index (κ2) is 8.28. The molecular formula is C20H27N5O4. The third-order valence-corrected chi connectivity index (χ3v) is 4.98. The van der Waals surface area contributed by atoms with Gasteiger partial charge in [-0.25, -0.2) is 14.8 Å². The first-order chi connectivity index (χ1) is 13.7. The highest BCUT2D eigenvalue weighted by atomic mass is 16.6. The number of anilines is 1. The number of ether oxygens (including phenoxy) is 1. The van der Waals surface area contributed by atoms with Gasteiger partial charge >= 0.3 is 6.09 Å². The number of nitrogens with one attached hydrogen (secondary N) is 1. The Morgan fingerprint density at radius 1 is 1.34 bits per heavy atom. The fraction of sp³-hybridized carbons (Fsp3) is 0.550. The van der Waals surface area contributed by atoms with Gasteiger partial charge in [0.05, 0.1) is 5.56 Å². The van der Waals surface area contributed by atoms with Crippen LogP contribution in [0.3, 0.4) is 0 Å². The number of ketones is 1. The van der Waals surface area contributed by atoms with Crippen molar-refractivity contribution in [3.63, 3.8) is 0 Å². The molecule has 1 saturated carbocycles. The molecule has 0 aromatic carbocycles. The maximum atomic E-state index is 13.0. The molecule has 1 fully saturated rings. The Kier molecular flexibility index (Phi) is 5.97. The van der Waals surface area contributed by atoms with E-state index >= 15 is 0 Å². The Hall–Kier alpha value is -2.81. The van der Waals surface area contributed by atoms with Gasteiger partial charge in [0.1, 0.15) is 23.4 Å². The Morgan fingerprint density at radius 2 is 2.10 bits per heavy atom. The van der Waals surface area contributed by atoms with E-state index in [1.165, 1.54) is 24.8 Å². The number of aliphatic hydroxyl groups is 1. The smallest absolute Gasteiger partial charge is 0.435 e. The molecule has 0 aliphatic heterocycles. The Balaban J connectivity index is 1.76. The van der Waals surface area contributed by atoms with Gasteiger partial charge in [-0.3, -0.25) is 4.79 Å². The quantitative estimate of drug-likeness (QED) is 0.734. The van der Waals surface area contributed by atoms with E-state index in [1.54, 1.807) is 20.8 Å². The van der Waals surface area contributed by atoms with E-state index in [2.05, 4.69) is 27.3 Å². The van der Waals surface area contributed by atoms with Crippen LogP contribution in [0.4, 0.5) is 10.6 Å². The molecule has 1 aliphatic carbocycles. The fourth-order valence-corrected chi connectivity index (χ4v) is 3.51. The van der Waals surface area contributed by atoms with Crippen LogP contribution in [0.5, 0.6) is 0 Å². The maximum absolute atomic E-state index is 13.0. The van der Waals surface area contributed by atoms with Gasteiger partial charge in [0.15, 0.2) is 0 Å². The predicted molar refractivity (Wildman–Crippen MR) is 106 cm³/mol. The summed E-state index contributed by atoms with van der Waals surface area (Å²) in [5.74, 6) is 0.661. The third kappa shape index (κ3) is 4.97. The molecule has 0 spiro atoms. The number of hydrogen-bond donors (Lipinski definition) is 2. The van der Waals surface area contributed by atoms with E-state index in [-0.39, 0.29) is 35.6 Å². The molecule has 156 valence electrons. The van der Waals surface area contributed by atoms with Gasteiger partial charge in [-0.1, -0.05) is 6.92 Å². The van der Waals surface area contributed by atoms with Crippen LogP contribution in [0.25, 0.3) is 0 Å². The van der Waals surface area contributed by atoms with Crippen molar-refractivity contribution in [3.8, 4) is 0 Å². The summed E-state index contributed by atoms with van der Waals surface area (Å²) in [5, 5.41) is 16.8. The number of hydrogen-bond acceptors (Lipinski definition) is 8. The number of nitrogens with zero attached hydrogens (tertiary/aromatic N) is 4. The molecule has 0 radical (unpaired) electrons. The molecule has 9 heteroatoms. The largest absolute Gasteiger partial charge is 0.442 e. The zero-order valence-corrected chi connectivity index (χ0v) is 17.1. The van der Waals surface area contributed by atoms with Gasteiger partial charge in [0, 0.05) is 25.0 Å². The molecule has 0 bridgehead atoms. The zero-order chi connectivity index (χ0) is 21.2. The standard InChI is InChI=1S/C20H27N5O4/c1-12-7-14(8-13(12)10-26)23-18-15(9-21-11-22-18)17(27)16-5-6-25(24-16)19(28)29-20(2,3)4/h5-6,9,11-14,26H,7-8,10H2,1-4H3,(H,21,22,23)/t12-,13+,14-/m0/s1. The van der Waals surface area contributed by atoms with Gasteiger partial charge in [-0.2, -0.15) is 9.78 Å². The highest BCUT2D eigenvalue weighted by Crippen LogP contribution is 2.33. The first kappa shape index (κ1) is 20.9. The second-order valence-electron chi connectivity index (χ2n) is 8.47. The first-order valence-corrected chi connectivity index (χ1v) is 9.69. The number of carbonyl (C=O) groups is 2. The van der Waals surface area contributed by atoms with E-state index in [4.69, 9.17) is 4.74 Å². The zero-order valence-electron chi connectivity index (χ0n) is 17.1. The topological polar surface area (TPSA) is 119 Å². The molecule has 2 aromatic rings.